The van der Waals surface area contributed by atoms with Crippen molar-refractivity contribution in [3.8, 4) is 0 Å². The molecule has 1 fully saturated rings. The number of rotatable bonds is 5. The summed E-state index contributed by atoms with van der Waals surface area (Å²) >= 11 is 1.81. The first-order chi connectivity index (χ1) is 9.80. The first kappa shape index (κ1) is 16.9. The van der Waals surface area contributed by atoms with Crippen LogP contribution in [-0.4, -0.2) is 46.0 Å². The van der Waals surface area contributed by atoms with Crippen LogP contribution in [0.15, 0.2) is 17.2 Å². The molecule has 0 spiro atoms. The summed E-state index contributed by atoms with van der Waals surface area (Å²) in [7, 11) is -3.48. The summed E-state index contributed by atoms with van der Waals surface area (Å²) in [6, 6.07) is 1.60. The third kappa shape index (κ3) is 3.64. The molecule has 0 radical (unpaired) electrons. The number of aromatic nitrogens is 1. The predicted molar refractivity (Wildman–Crippen MR) is 85.9 cm³/mol. The van der Waals surface area contributed by atoms with Gasteiger partial charge in [0.15, 0.2) is 0 Å². The SMILES string of the molecule is CCCn1cc(S(=O)(=O)N2CCSC(C)(C)C2)cc1CO. The molecule has 1 saturated heterocycles. The van der Waals surface area contributed by atoms with E-state index in [2.05, 4.69) is 13.8 Å². The number of thioether (sulfide) groups is 1. The van der Waals surface area contributed by atoms with Gasteiger partial charge in [-0.2, -0.15) is 16.1 Å². The molecule has 0 aromatic carbocycles. The summed E-state index contributed by atoms with van der Waals surface area (Å²) in [4.78, 5) is 0.294. The summed E-state index contributed by atoms with van der Waals surface area (Å²) in [5.41, 5.74) is 0.654. The third-order valence-corrected chi connectivity index (χ3v) is 6.72. The monoisotopic (exact) mass is 332 g/mol. The zero-order valence-corrected chi connectivity index (χ0v) is 14.5. The lowest BCUT2D eigenvalue weighted by molar-refractivity contribution is 0.270. The van der Waals surface area contributed by atoms with Crippen LogP contribution in [0.1, 0.15) is 32.9 Å². The predicted octanol–water partition coefficient (Wildman–Crippen LogP) is 1.91. The molecular formula is C14H24N2O3S2. The molecule has 1 N–H and O–H groups in total. The molecule has 0 amide bonds. The highest BCUT2D eigenvalue weighted by molar-refractivity contribution is 8.00. The molecule has 0 aliphatic carbocycles. The van der Waals surface area contributed by atoms with Crippen LogP contribution in [0.5, 0.6) is 0 Å². The molecule has 120 valence electrons. The van der Waals surface area contributed by atoms with E-state index < -0.39 is 10.0 Å². The lowest BCUT2D eigenvalue weighted by atomic mass is 10.2. The van der Waals surface area contributed by atoms with Crippen LogP contribution in [0.2, 0.25) is 0 Å². The Balaban J connectivity index is 2.31. The van der Waals surface area contributed by atoms with Crippen molar-refractivity contribution in [2.24, 2.45) is 0 Å². The Bertz CT molecular complexity index is 593. The Morgan fingerprint density at radius 3 is 2.71 bits per heavy atom. The second-order valence-corrected chi connectivity index (χ2v) is 9.71. The van der Waals surface area contributed by atoms with E-state index in [9.17, 15) is 13.5 Å². The lowest BCUT2D eigenvalue weighted by Crippen LogP contribution is -2.45. The van der Waals surface area contributed by atoms with E-state index in [1.54, 1.807) is 28.3 Å². The van der Waals surface area contributed by atoms with Crippen LogP contribution in [0.3, 0.4) is 0 Å². The van der Waals surface area contributed by atoms with Gasteiger partial charge in [-0.15, -0.1) is 0 Å². The van der Waals surface area contributed by atoms with Gasteiger partial charge < -0.3 is 9.67 Å². The second-order valence-electron chi connectivity index (χ2n) is 5.97. The Hall–Kier alpha value is -0.500. The summed E-state index contributed by atoms with van der Waals surface area (Å²) in [6.07, 6.45) is 2.55. The Labute approximate surface area is 131 Å². The summed E-state index contributed by atoms with van der Waals surface area (Å²) in [5, 5.41) is 9.38. The van der Waals surface area contributed by atoms with Crippen LogP contribution in [0, 0.1) is 0 Å². The molecule has 0 atom stereocenters. The maximum atomic E-state index is 12.8. The van der Waals surface area contributed by atoms with Crippen LogP contribution >= 0.6 is 11.8 Å². The topological polar surface area (TPSA) is 62.5 Å². The van der Waals surface area contributed by atoms with E-state index in [-0.39, 0.29) is 11.4 Å². The first-order valence-electron chi connectivity index (χ1n) is 7.24. The molecular weight excluding hydrogens is 308 g/mol. The summed E-state index contributed by atoms with van der Waals surface area (Å²) in [6.45, 7) is 7.81. The van der Waals surface area contributed by atoms with Crippen molar-refractivity contribution in [3.05, 3.63) is 18.0 Å². The number of aliphatic hydroxyl groups is 1. The molecule has 0 bridgehead atoms. The fourth-order valence-corrected chi connectivity index (χ4v) is 5.55. The zero-order valence-electron chi connectivity index (χ0n) is 12.9. The summed E-state index contributed by atoms with van der Waals surface area (Å²) in [5.74, 6) is 0.814. The Morgan fingerprint density at radius 2 is 2.14 bits per heavy atom. The zero-order chi connectivity index (χ0) is 15.7. The maximum absolute atomic E-state index is 12.8. The number of aryl methyl sites for hydroxylation is 1. The van der Waals surface area contributed by atoms with Crippen molar-refractivity contribution in [1.82, 2.24) is 8.87 Å². The van der Waals surface area contributed by atoms with Crippen LogP contribution in [0.4, 0.5) is 0 Å². The van der Waals surface area contributed by atoms with Gasteiger partial charge >= 0.3 is 0 Å². The van der Waals surface area contributed by atoms with Gasteiger partial charge in [-0.05, 0) is 26.3 Å². The standard InChI is InChI=1S/C14H24N2O3S2/c1-4-5-15-9-13(8-12(15)10-17)21(18,19)16-6-7-20-14(2,3)11-16/h8-9,17H,4-7,10-11H2,1-3H3. The van der Waals surface area contributed by atoms with Crippen molar-refractivity contribution in [3.63, 3.8) is 0 Å². The van der Waals surface area contributed by atoms with Crippen molar-refractivity contribution in [2.45, 2.75) is 50.0 Å². The molecule has 21 heavy (non-hydrogen) atoms. The van der Waals surface area contributed by atoms with Crippen LogP contribution < -0.4 is 0 Å². The molecule has 0 unspecified atom stereocenters. The van der Waals surface area contributed by atoms with E-state index in [0.29, 0.717) is 30.2 Å². The number of hydrogen-bond acceptors (Lipinski definition) is 4. The average molecular weight is 332 g/mol. The van der Waals surface area contributed by atoms with Gasteiger partial charge in [0, 0.05) is 42.0 Å². The van der Waals surface area contributed by atoms with Crippen LogP contribution in [0.25, 0.3) is 0 Å². The smallest absolute Gasteiger partial charge is 0.244 e. The van der Waals surface area contributed by atoms with E-state index in [0.717, 1.165) is 12.2 Å². The molecule has 0 saturated carbocycles. The van der Waals surface area contributed by atoms with Crippen molar-refractivity contribution < 1.29 is 13.5 Å². The Morgan fingerprint density at radius 1 is 1.43 bits per heavy atom. The molecule has 2 rings (SSSR count). The molecule has 1 aromatic heterocycles. The highest BCUT2D eigenvalue weighted by Gasteiger charge is 2.35. The number of aliphatic hydroxyl groups excluding tert-OH is 1. The van der Waals surface area contributed by atoms with E-state index in [4.69, 9.17) is 0 Å². The van der Waals surface area contributed by atoms with E-state index >= 15 is 0 Å². The number of hydrogen-bond donors (Lipinski definition) is 1. The van der Waals surface area contributed by atoms with Gasteiger partial charge in [-0.3, -0.25) is 0 Å². The fourth-order valence-electron chi connectivity index (χ4n) is 2.57. The van der Waals surface area contributed by atoms with Gasteiger partial charge in [0.05, 0.1) is 6.61 Å². The minimum absolute atomic E-state index is 0.0584. The molecule has 5 nitrogen and oxygen atoms in total. The van der Waals surface area contributed by atoms with Gasteiger partial charge in [0.1, 0.15) is 4.90 Å². The summed E-state index contributed by atoms with van der Waals surface area (Å²) < 4.78 is 28.9. The highest BCUT2D eigenvalue weighted by atomic mass is 32.2. The third-order valence-electron chi connectivity index (χ3n) is 3.62. The molecule has 2 heterocycles. The molecule has 1 aromatic rings. The first-order valence-corrected chi connectivity index (χ1v) is 9.67. The van der Waals surface area contributed by atoms with Crippen molar-refractivity contribution in [1.29, 1.82) is 0 Å². The minimum atomic E-state index is -3.48. The van der Waals surface area contributed by atoms with Crippen molar-refractivity contribution >= 4 is 21.8 Å². The fraction of sp³-hybridized carbons (Fsp3) is 0.714. The lowest BCUT2D eigenvalue weighted by Gasteiger charge is -2.36. The maximum Gasteiger partial charge on any atom is 0.244 e. The highest BCUT2D eigenvalue weighted by Crippen LogP contribution is 2.32. The number of sulfonamides is 1. The van der Waals surface area contributed by atoms with Gasteiger partial charge in [-0.25, -0.2) is 8.42 Å². The van der Waals surface area contributed by atoms with Crippen LogP contribution in [-0.2, 0) is 23.2 Å². The quantitative estimate of drug-likeness (QED) is 0.895. The second kappa shape index (κ2) is 6.32. The van der Waals surface area contributed by atoms with Gasteiger partial charge in [0.25, 0.3) is 0 Å². The normalized spacial score (nSPS) is 19.8. The number of nitrogens with zero attached hydrogens (tertiary/aromatic N) is 2. The minimum Gasteiger partial charge on any atom is -0.390 e. The van der Waals surface area contributed by atoms with E-state index in [1.807, 2.05) is 11.5 Å². The molecule has 7 heteroatoms. The molecule has 1 aliphatic heterocycles. The van der Waals surface area contributed by atoms with Crippen molar-refractivity contribution in [2.75, 3.05) is 18.8 Å². The molecule has 1 aliphatic rings. The van der Waals surface area contributed by atoms with Gasteiger partial charge in [-0.1, -0.05) is 6.92 Å². The van der Waals surface area contributed by atoms with Gasteiger partial charge in [0.2, 0.25) is 10.0 Å². The average Bonchev–Trinajstić information content (AvgIpc) is 2.82. The Kier molecular flexibility index (Phi) is 5.07. The largest absolute Gasteiger partial charge is 0.390 e. The van der Waals surface area contributed by atoms with E-state index in [1.165, 1.54) is 0 Å².